The number of hydrogen-bond acceptors (Lipinski definition) is 5. The Hall–Kier alpha value is -1.10. The van der Waals surface area contributed by atoms with E-state index in [2.05, 4.69) is 15.3 Å². The summed E-state index contributed by atoms with van der Waals surface area (Å²) in [4.78, 5) is 10.8. The third-order valence-electron chi connectivity index (χ3n) is 5.64. The predicted octanol–water partition coefficient (Wildman–Crippen LogP) is 3.00. The summed E-state index contributed by atoms with van der Waals surface area (Å²) in [6.45, 7) is 5.01. The van der Waals surface area contributed by atoms with Gasteiger partial charge in [-0.25, -0.2) is 13.4 Å². The zero-order chi connectivity index (χ0) is 20.2. The fraction of sp³-hybridized carbons (Fsp3) is 0.700. The number of pyridine rings is 1. The SMILES string of the molecule is CN=C(NCc1ccc(OC2CCCCC2)nc1)N1CCS(=O)(=O)C(C)(C)C1.I. The molecule has 1 saturated heterocycles. The third-order valence-corrected chi connectivity index (χ3v) is 8.18. The van der Waals surface area contributed by atoms with Crippen molar-refractivity contribution in [3.05, 3.63) is 23.9 Å². The number of halogens is 1. The van der Waals surface area contributed by atoms with Gasteiger partial charge >= 0.3 is 0 Å². The number of sulfone groups is 1. The fourth-order valence-corrected chi connectivity index (χ4v) is 5.14. The Balaban J connectivity index is 0.00000300. The Bertz CT molecular complexity index is 790. The van der Waals surface area contributed by atoms with E-state index in [-0.39, 0.29) is 29.7 Å². The number of aliphatic imine (C=N–C) groups is 1. The fourth-order valence-electron chi connectivity index (χ4n) is 3.78. The van der Waals surface area contributed by atoms with E-state index in [9.17, 15) is 8.42 Å². The van der Waals surface area contributed by atoms with E-state index < -0.39 is 14.6 Å². The summed E-state index contributed by atoms with van der Waals surface area (Å²) in [5, 5.41) is 3.32. The van der Waals surface area contributed by atoms with Crippen molar-refractivity contribution in [1.29, 1.82) is 0 Å². The van der Waals surface area contributed by atoms with E-state index in [0.29, 0.717) is 37.6 Å². The molecule has 0 aromatic carbocycles. The third kappa shape index (κ3) is 6.19. The summed E-state index contributed by atoms with van der Waals surface area (Å²) < 4.78 is 29.6. The molecule has 0 amide bonds. The Morgan fingerprint density at radius 1 is 1.31 bits per heavy atom. The van der Waals surface area contributed by atoms with Gasteiger partial charge in [-0.2, -0.15) is 0 Å². The van der Waals surface area contributed by atoms with Crippen molar-refractivity contribution >= 4 is 39.8 Å². The van der Waals surface area contributed by atoms with Crippen LogP contribution in [0.1, 0.15) is 51.5 Å². The normalized spacial score (nSPS) is 21.9. The second-order valence-corrected chi connectivity index (χ2v) is 11.0. The quantitative estimate of drug-likeness (QED) is 0.362. The summed E-state index contributed by atoms with van der Waals surface area (Å²) in [6, 6.07) is 3.93. The van der Waals surface area contributed by atoms with Gasteiger partial charge in [0.1, 0.15) is 6.10 Å². The number of hydrogen-bond donors (Lipinski definition) is 1. The summed E-state index contributed by atoms with van der Waals surface area (Å²) in [5.74, 6) is 1.55. The number of aromatic nitrogens is 1. The molecule has 0 unspecified atom stereocenters. The number of guanidine groups is 1. The minimum absolute atomic E-state index is 0. The van der Waals surface area contributed by atoms with Crippen LogP contribution >= 0.6 is 24.0 Å². The number of rotatable bonds is 4. The van der Waals surface area contributed by atoms with Gasteiger partial charge in [0.25, 0.3) is 0 Å². The molecule has 0 bridgehead atoms. The van der Waals surface area contributed by atoms with Gasteiger partial charge in [0.05, 0.1) is 10.5 Å². The molecule has 0 atom stereocenters. The van der Waals surface area contributed by atoms with E-state index in [4.69, 9.17) is 4.74 Å². The summed E-state index contributed by atoms with van der Waals surface area (Å²) in [6.07, 6.45) is 8.12. The van der Waals surface area contributed by atoms with Crippen LogP contribution in [0.3, 0.4) is 0 Å². The van der Waals surface area contributed by atoms with Crippen molar-refractivity contribution < 1.29 is 13.2 Å². The first-order chi connectivity index (χ1) is 13.3. The van der Waals surface area contributed by atoms with E-state index >= 15 is 0 Å². The van der Waals surface area contributed by atoms with Crippen LogP contribution in [0.15, 0.2) is 23.3 Å². The Morgan fingerprint density at radius 3 is 2.62 bits per heavy atom. The molecule has 1 aliphatic heterocycles. The first kappa shape index (κ1) is 24.2. The molecule has 0 spiro atoms. The van der Waals surface area contributed by atoms with Crippen LogP contribution in [0.25, 0.3) is 0 Å². The van der Waals surface area contributed by atoms with Crippen molar-refractivity contribution in [1.82, 2.24) is 15.2 Å². The molecule has 7 nitrogen and oxygen atoms in total. The highest BCUT2D eigenvalue weighted by Crippen LogP contribution is 2.24. The van der Waals surface area contributed by atoms with Crippen molar-refractivity contribution in [3.8, 4) is 5.88 Å². The van der Waals surface area contributed by atoms with Gasteiger partial charge in [0.15, 0.2) is 15.8 Å². The lowest BCUT2D eigenvalue weighted by atomic mass is 9.98. The number of nitrogens with zero attached hydrogens (tertiary/aromatic N) is 3. The molecule has 1 N–H and O–H groups in total. The standard InChI is InChI=1S/C20H32N4O3S.HI/c1-20(2)15-24(11-12-28(20,25)26)19(21-3)23-14-16-9-10-18(22-13-16)27-17-7-5-4-6-8-17;/h9-10,13,17H,4-8,11-12,14-15H2,1-3H3,(H,21,23);1H. The summed E-state index contributed by atoms with van der Waals surface area (Å²) in [5.41, 5.74) is 1.03. The van der Waals surface area contributed by atoms with Crippen LogP contribution in [-0.4, -0.2) is 61.0 Å². The maximum atomic E-state index is 12.2. The molecule has 29 heavy (non-hydrogen) atoms. The van der Waals surface area contributed by atoms with Gasteiger partial charge in [0.2, 0.25) is 5.88 Å². The van der Waals surface area contributed by atoms with Crippen molar-refractivity contribution in [2.45, 2.75) is 63.3 Å². The highest BCUT2D eigenvalue weighted by molar-refractivity contribution is 14.0. The molecule has 1 aromatic rings. The average Bonchev–Trinajstić information content (AvgIpc) is 2.67. The Morgan fingerprint density at radius 2 is 2.03 bits per heavy atom. The molecule has 3 rings (SSSR count). The van der Waals surface area contributed by atoms with E-state index in [0.717, 1.165) is 18.4 Å². The van der Waals surface area contributed by atoms with Gasteiger partial charge in [-0.05, 0) is 45.1 Å². The first-order valence-electron chi connectivity index (χ1n) is 10.1. The van der Waals surface area contributed by atoms with Crippen LogP contribution in [0.4, 0.5) is 0 Å². The molecular formula is C20H33IN4O3S. The first-order valence-corrected chi connectivity index (χ1v) is 11.8. The van der Waals surface area contributed by atoms with Crippen molar-refractivity contribution in [3.63, 3.8) is 0 Å². The molecule has 164 valence electrons. The lowest BCUT2D eigenvalue weighted by Gasteiger charge is -2.39. The maximum Gasteiger partial charge on any atom is 0.213 e. The van der Waals surface area contributed by atoms with Crippen molar-refractivity contribution in [2.75, 3.05) is 25.9 Å². The maximum absolute atomic E-state index is 12.2. The van der Waals surface area contributed by atoms with Gasteiger partial charge in [-0.3, -0.25) is 4.99 Å². The Kier molecular flexibility index (Phi) is 8.57. The van der Waals surface area contributed by atoms with Gasteiger partial charge in [-0.15, -0.1) is 24.0 Å². The average molecular weight is 536 g/mol. The monoisotopic (exact) mass is 536 g/mol. The molecule has 0 radical (unpaired) electrons. The topological polar surface area (TPSA) is 83.9 Å². The van der Waals surface area contributed by atoms with E-state index in [1.165, 1.54) is 19.3 Å². The summed E-state index contributed by atoms with van der Waals surface area (Å²) >= 11 is 0. The molecule has 1 saturated carbocycles. The highest BCUT2D eigenvalue weighted by atomic mass is 127. The lowest BCUT2D eigenvalue weighted by Crippen LogP contribution is -2.57. The van der Waals surface area contributed by atoms with Crippen LogP contribution in [-0.2, 0) is 16.4 Å². The van der Waals surface area contributed by atoms with E-state index in [1.54, 1.807) is 20.9 Å². The van der Waals surface area contributed by atoms with Crippen LogP contribution in [0, 0.1) is 0 Å². The molecule has 2 fully saturated rings. The molecular weight excluding hydrogens is 503 g/mol. The van der Waals surface area contributed by atoms with Gasteiger partial charge in [-0.1, -0.05) is 12.5 Å². The van der Waals surface area contributed by atoms with Crippen LogP contribution in [0.2, 0.25) is 0 Å². The second-order valence-electron chi connectivity index (χ2n) is 8.28. The summed E-state index contributed by atoms with van der Waals surface area (Å²) in [7, 11) is -1.35. The molecule has 1 aliphatic carbocycles. The van der Waals surface area contributed by atoms with Crippen LogP contribution < -0.4 is 10.1 Å². The highest BCUT2D eigenvalue weighted by Gasteiger charge is 2.40. The minimum Gasteiger partial charge on any atom is -0.474 e. The zero-order valence-electron chi connectivity index (χ0n) is 17.6. The predicted molar refractivity (Wildman–Crippen MR) is 127 cm³/mol. The van der Waals surface area contributed by atoms with Crippen LogP contribution in [0.5, 0.6) is 5.88 Å². The molecule has 1 aromatic heterocycles. The number of ether oxygens (including phenoxy) is 1. The lowest BCUT2D eigenvalue weighted by molar-refractivity contribution is 0.148. The second kappa shape index (κ2) is 10.3. The minimum atomic E-state index is -3.07. The smallest absolute Gasteiger partial charge is 0.213 e. The van der Waals surface area contributed by atoms with Gasteiger partial charge < -0.3 is 15.0 Å². The van der Waals surface area contributed by atoms with Crippen molar-refractivity contribution in [2.24, 2.45) is 4.99 Å². The Labute approximate surface area is 191 Å². The largest absolute Gasteiger partial charge is 0.474 e. The molecule has 2 heterocycles. The molecule has 2 aliphatic rings. The number of nitrogens with one attached hydrogen (secondary N) is 1. The van der Waals surface area contributed by atoms with Gasteiger partial charge in [0, 0.05) is 38.9 Å². The van der Waals surface area contributed by atoms with E-state index in [1.807, 2.05) is 23.2 Å². The zero-order valence-corrected chi connectivity index (χ0v) is 20.7. The molecule has 9 heteroatoms.